The molecule has 0 fully saturated rings. The fourth-order valence-corrected chi connectivity index (χ4v) is 2.77. The number of nitrogens with one attached hydrogen (secondary N) is 1. The zero-order valence-electron chi connectivity index (χ0n) is 11.4. The second-order valence-electron chi connectivity index (χ2n) is 4.80. The van der Waals surface area contributed by atoms with Gasteiger partial charge < -0.3 is 16.0 Å². The quantitative estimate of drug-likeness (QED) is 0.720. The van der Waals surface area contributed by atoms with Gasteiger partial charge in [0.1, 0.15) is 5.52 Å². The molecule has 0 unspecified atom stereocenters. The van der Waals surface area contributed by atoms with Crippen molar-refractivity contribution in [2.75, 3.05) is 30.0 Å². The molecule has 0 saturated heterocycles. The van der Waals surface area contributed by atoms with Gasteiger partial charge in [-0.05, 0) is 30.3 Å². The number of rotatable bonds is 3. The highest BCUT2D eigenvalue weighted by Crippen LogP contribution is 2.32. The molecular weight excluding hydrogens is 268 g/mol. The average Bonchev–Trinajstić information content (AvgIpc) is 2.91. The number of fused-ring (bicyclic) bond motifs is 1. The highest BCUT2D eigenvalue weighted by molar-refractivity contribution is 7.16. The van der Waals surface area contributed by atoms with Gasteiger partial charge in [-0.15, -0.1) is 11.3 Å². The standard InChI is InChI=1S/C15H16N4S/c1-19(2)11-5-3-4-10(8-11)18-12-6-7-13-15(14(12)16)17-9-20-13/h3-9,18H,16H2,1-2H3. The molecule has 0 aliphatic heterocycles. The molecule has 20 heavy (non-hydrogen) atoms. The number of hydrogen-bond acceptors (Lipinski definition) is 5. The second kappa shape index (κ2) is 5.02. The van der Waals surface area contributed by atoms with Crippen LogP contribution in [-0.4, -0.2) is 19.1 Å². The predicted molar refractivity (Wildman–Crippen MR) is 88.1 cm³/mol. The first-order valence-electron chi connectivity index (χ1n) is 6.31. The van der Waals surface area contributed by atoms with Crippen LogP contribution in [0.3, 0.4) is 0 Å². The van der Waals surface area contributed by atoms with Crippen LogP contribution in [0.25, 0.3) is 10.2 Å². The van der Waals surface area contributed by atoms with Crippen molar-refractivity contribution >= 4 is 44.3 Å². The van der Waals surface area contributed by atoms with Crippen molar-refractivity contribution in [2.45, 2.75) is 0 Å². The lowest BCUT2D eigenvalue weighted by molar-refractivity contribution is 1.13. The van der Waals surface area contributed by atoms with E-state index in [0.29, 0.717) is 5.69 Å². The molecular formula is C15H16N4S. The van der Waals surface area contributed by atoms with E-state index in [-0.39, 0.29) is 0 Å². The van der Waals surface area contributed by atoms with E-state index in [1.54, 1.807) is 11.3 Å². The average molecular weight is 284 g/mol. The molecule has 102 valence electrons. The Morgan fingerprint density at radius 3 is 2.85 bits per heavy atom. The number of hydrogen-bond donors (Lipinski definition) is 2. The molecule has 0 aliphatic carbocycles. The summed E-state index contributed by atoms with van der Waals surface area (Å²) in [7, 11) is 4.05. The molecule has 1 heterocycles. The normalized spacial score (nSPS) is 10.7. The second-order valence-corrected chi connectivity index (χ2v) is 5.68. The Bertz CT molecular complexity index is 748. The van der Waals surface area contributed by atoms with Crippen LogP contribution in [0.2, 0.25) is 0 Å². The number of nitrogens with two attached hydrogens (primary N) is 1. The van der Waals surface area contributed by atoms with Gasteiger partial charge in [-0.25, -0.2) is 4.98 Å². The third kappa shape index (κ3) is 2.28. The van der Waals surface area contributed by atoms with Crippen LogP contribution in [-0.2, 0) is 0 Å². The first kappa shape index (κ1) is 12.7. The minimum absolute atomic E-state index is 0.694. The van der Waals surface area contributed by atoms with Gasteiger partial charge in [-0.2, -0.15) is 0 Å². The maximum absolute atomic E-state index is 6.18. The monoisotopic (exact) mass is 284 g/mol. The highest BCUT2D eigenvalue weighted by atomic mass is 32.1. The van der Waals surface area contributed by atoms with Crippen molar-refractivity contribution < 1.29 is 0 Å². The van der Waals surface area contributed by atoms with E-state index in [1.165, 1.54) is 0 Å². The van der Waals surface area contributed by atoms with Crippen molar-refractivity contribution in [3.63, 3.8) is 0 Å². The number of aromatic nitrogens is 1. The Hall–Kier alpha value is -2.27. The minimum Gasteiger partial charge on any atom is -0.395 e. The molecule has 0 saturated carbocycles. The summed E-state index contributed by atoms with van der Waals surface area (Å²) >= 11 is 1.60. The van der Waals surface area contributed by atoms with E-state index in [0.717, 1.165) is 27.3 Å². The lowest BCUT2D eigenvalue weighted by Crippen LogP contribution is -2.08. The van der Waals surface area contributed by atoms with Crippen LogP contribution in [0.1, 0.15) is 0 Å². The largest absolute Gasteiger partial charge is 0.395 e. The Kier molecular flexibility index (Phi) is 3.20. The SMILES string of the molecule is CN(C)c1cccc(Nc2ccc3scnc3c2N)c1. The summed E-state index contributed by atoms with van der Waals surface area (Å²) in [6.07, 6.45) is 0. The fourth-order valence-electron chi connectivity index (χ4n) is 2.08. The number of nitrogen functional groups attached to an aromatic ring is 1. The summed E-state index contributed by atoms with van der Waals surface area (Å²) < 4.78 is 1.11. The third-order valence-corrected chi connectivity index (χ3v) is 3.98. The molecule has 4 nitrogen and oxygen atoms in total. The van der Waals surface area contributed by atoms with Gasteiger partial charge in [0.15, 0.2) is 0 Å². The smallest absolute Gasteiger partial charge is 0.106 e. The van der Waals surface area contributed by atoms with Gasteiger partial charge in [0, 0.05) is 25.5 Å². The lowest BCUT2D eigenvalue weighted by atomic mass is 10.2. The number of anilines is 4. The van der Waals surface area contributed by atoms with Crippen LogP contribution in [0, 0.1) is 0 Å². The van der Waals surface area contributed by atoms with Gasteiger partial charge >= 0.3 is 0 Å². The van der Waals surface area contributed by atoms with E-state index in [9.17, 15) is 0 Å². The molecule has 0 amide bonds. The molecule has 5 heteroatoms. The first-order chi connectivity index (χ1) is 9.65. The van der Waals surface area contributed by atoms with E-state index >= 15 is 0 Å². The van der Waals surface area contributed by atoms with Gasteiger partial charge in [0.05, 0.1) is 21.6 Å². The van der Waals surface area contributed by atoms with Crippen LogP contribution >= 0.6 is 11.3 Å². The Morgan fingerprint density at radius 1 is 1.20 bits per heavy atom. The van der Waals surface area contributed by atoms with Crippen LogP contribution in [0.5, 0.6) is 0 Å². The molecule has 0 aliphatic rings. The van der Waals surface area contributed by atoms with Crippen LogP contribution in [0.4, 0.5) is 22.7 Å². The fraction of sp³-hybridized carbons (Fsp3) is 0.133. The van der Waals surface area contributed by atoms with Gasteiger partial charge in [-0.3, -0.25) is 0 Å². The Labute approximate surface area is 121 Å². The molecule has 0 bridgehead atoms. The third-order valence-electron chi connectivity index (χ3n) is 3.18. The number of nitrogens with zero attached hydrogens (tertiary/aromatic N) is 2. The molecule has 3 rings (SSSR count). The van der Waals surface area contributed by atoms with E-state index in [4.69, 9.17) is 5.73 Å². The predicted octanol–water partition coefficient (Wildman–Crippen LogP) is 3.69. The maximum Gasteiger partial charge on any atom is 0.106 e. The molecule has 2 aromatic carbocycles. The van der Waals surface area contributed by atoms with E-state index < -0.39 is 0 Å². The lowest BCUT2D eigenvalue weighted by Gasteiger charge is -2.15. The molecule has 0 radical (unpaired) electrons. The zero-order chi connectivity index (χ0) is 14.1. The summed E-state index contributed by atoms with van der Waals surface area (Å²) in [5.41, 5.74) is 12.6. The topological polar surface area (TPSA) is 54.2 Å². The summed E-state index contributed by atoms with van der Waals surface area (Å²) in [6, 6.07) is 12.2. The van der Waals surface area contributed by atoms with Gasteiger partial charge in [-0.1, -0.05) is 6.07 Å². The molecule has 3 N–H and O–H groups in total. The Balaban J connectivity index is 1.96. The van der Waals surface area contributed by atoms with Crippen molar-refractivity contribution in [3.05, 3.63) is 41.9 Å². The van der Waals surface area contributed by atoms with Gasteiger partial charge in [0.25, 0.3) is 0 Å². The summed E-state index contributed by atoms with van der Waals surface area (Å²) in [4.78, 5) is 6.38. The highest BCUT2D eigenvalue weighted by Gasteiger charge is 2.07. The van der Waals surface area contributed by atoms with Crippen molar-refractivity contribution in [2.24, 2.45) is 0 Å². The van der Waals surface area contributed by atoms with Crippen molar-refractivity contribution in [1.82, 2.24) is 4.98 Å². The molecule has 3 aromatic rings. The summed E-state index contributed by atoms with van der Waals surface area (Å²) in [6.45, 7) is 0. The van der Waals surface area contributed by atoms with Crippen LogP contribution < -0.4 is 16.0 Å². The molecule has 0 atom stereocenters. The summed E-state index contributed by atoms with van der Waals surface area (Å²) in [5.74, 6) is 0. The number of benzene rings is 2. The molecule has 1 aromatic heterocycles. The van der Waals surface area contributed by atoms with Crippen LogP contribution in [0.15, 0.2) is 41.9 Å². The molecule has 0 spiro atoms. The zero-order valence-corrected chi connectivity index (χ0v) is 12.2. The summed E-state index contributed by atoms with van der Waals surface area (Å²) in [5, 5.41) is 3.36. The van der Waals surface area contributed by atoms with Gasteiger partial charge in [0.2, 0.25) is 0 Å². The Morgan fingerprint density at radius 2 is 2.05 bits per heavy atom. The number of thiazole rings is 1. The minimum atomic E-state index is 0.694. The van der Waals surface area contributed by atoms with Crippen molar-refractivity contribution in [3.8, 4) is 0 Å². The maximum atomic E-state index is 6.18. The van der Waals surface area contributed by atoms with E-state index in [2.05, 4.69) is 27.3 Å². The van der Waals surface area contributed by atoms with E-state index in [1.807, 2.05) is 43.9 Å². The first-order valence-corrected chi connectivity index (χ1v) is 7.19. The van der Waals surface area contributed by atoms with Crippen molar-refractivity contribution in [1.29, 1.82) is 0 Å².